The van der Waals surface area contributed by atoms with Crippen molar-refractivity contribution in [2.45, 2.75) is 51.4 Å². The first kappa shape index (κ1) is 29.4. The Balaban J connectivity index is 1.38. The van der Waals surface area contributed by atoms with Crippen molar-refractivity contribution in [1.29, 1.82) is 0 Å². The van der Waals surface area contributed by atoms with E-state index in [9.17, 15) is 0 Å². The molecule has 3 heteroatoms. The van der Waals surface area contributed by atoms with Crippen LogP contribution >= 0.6 is 11.3 Å². The van der Waals surface area contributed by atoms with Gasteiger partial charge in [-0.3, -0.25) is 0 Å². The fourth-order valence-corrected chi connectivity index (χ4v) is 10.5. The second kappa shape index (κ2) is 10.1. The highest BCUT2D eigenvalue weighted by Crippen LogP contribution is 2.50. The van der Waals surface area contributed by atoms with Crippen molar-refractivity contribution in [1.82, 2.24) is 9.13 Å². The van der Waals surface area contributed by atoms with E-state index in [0.717, 1.165) is 0 Å². The molecule has 3 aromatic heterocycles. The second-order valence-electron chi connectivity index (χ2n) is 16.0. The van der Waals surface area contributed by atoms with Crippen molar-refractivity contribution in [2.24, 2.45) is 0 Å². The lowest BCUT2D eigenvalue weighted by Gasteiger charge is -2.42. The third-order valence-corrected chi connectivity index (χ3v) is 13.3. The van der Waals surface area contributed by atoms with Gasteiger partial charge in [0, 0.05) is 47.4 Å². The molecule has 1 aliphatic rings. The summed E-state index contributed by atoms with van der Waals surface area (Å²) in [5.74, 6) is 0. The van der Waals surface area contributed by atoms with Crippen molar-refractivity contribution in [3.63, 3.8) is 0 Å². The predicted molar refractivity (Wildman–Crippen MR) is 221 cm³/mol. The van der Waals surface area contributed by atoms with E-state index >= 15 is 0 Å². The molecule has 0 unspecified atom stereocenters. The number of nitrogens with zero attached hydrogens (tertiary/aromatic N) is 2. The Morgan fingerprint density at radius 1 is 0.451 bits per heavy atom. The highest BCUT2D eigenvalue weighted by molar-refractivity contribution is 7.25. The molecule has 0 aliphatic heterocycles. The number of rotatable bonds is 2. The van der Waals surface area contributed by atoms with Crippen LogP contribution in [0.3, 0.4) is 0 Å². The van der Waals surface area contributed by atoms with Gasteiger partial charge in [0.05, 0.1) is 27.8 Å². The smallest absolute Gasteiger partial charge is 0.0562 e. The summed E-state index contributed by atoms with van der Waals surface area (Å²) >= 11 is 1.90. The monoisotopic (exact) mass is 674 g/mol. The average Bonchev–Trinajstić information content (AvgIpc) is 3.79. The zero-order chi connectivity index (χ0) is 34.2. The van der Waals surface area contributed by atoms with Crippen molar-refractivity contribution >= 4 is 85.9 Å². The summed E-state index contributed by atoms with van der Waals surface area (Å²) in [5, 5.41) is 10.5. The summed E-state index contributed by atoms with van der Waals surface area (Å²) in [6, 6.07) is 50.3. The zero-order valence-electron chi connectivity index (χ0n) is 29.4. The van der Waals surface area contributed by atoms with Crippen LogP contribution in [0.5, 0.6) is 0 Å². The van der Waals surface area contributed by atoms with Crippen LogP contribution in [-0.4, -0.2) is 9.13 Å². The molecule has 0 saturated heterocycles. The van der Waals surface area contributed by atoms with E-state index in [-0.39, 0.29) is 10.8 Å². The number of aromatic nitrogens is 2. The van der Waals surface area contributed by atoms with Crippen LogP contribution in [0.25, 0.3) is 85.9 Å². The standard InChI is InChI=1S/C48H38N2S/c1-47(2)23-24-48(3,4)37-27-40-34(26-36(37)47)33-25-35-42(28-41(33)50(40)38-18-12-20-44-46(38)32-17-10-11-19-43(32)51-44)49(30-14-6-5-7-15-30)39-22-21-29-13-8-9-16-31(29)45(35)39/h5-22,25-28H,23-24H2,1-4H3. The Morgan fingerprint density at radius 3 is 1.92 bits per heavy atom. The first-order valence-electron chi connectivity index (χ1n) is 18.2. The van der Waals surface area contributed by atoms with Crippen molar-refractivity contribution in [3.05, 3.63) is 145 Å². The predicted octanol–water partition coefficient (Wildman–Crippen LogP) is 13.8. The van der Waals surface area contributed by atoms with Crippen LogP contribution in [0.4, 0.5) is 0 Å². The number of para-hydroxylation sites is 1. The molecule has 10 aromatic rings. The molecule has 3 heterocycles. The van der Waals surface area contributed by atoms with Gasteiger partial charge >= 0.3 is 0 Å². The highest BCUT2D eigenvalue weighted by atomic mass is 32.1. The Kier molecular flexibility index (Phi) is 5.82. The van der Waals surface area contributed by atoms with Gasteiger partial charge in [-0.05, 0) is 106 Å². The number of thiophene rings is 1. The van der Waals surface area contributed by atoms with Crippen LogP contribution in [-0.2, 0) is 10.8 Å². The van der Waals surface area contributed by atoms with Gasteiger partial charge in [-0.1, -0.05) is 100 Å². The molecule has 0 fully saturated rings. The minimum atomic E-state index is 0.102. The summed E-state index contributed by atoms with van der Waals surface area (Å²) < 4.78 is 7.75. The van der Waals surface area contributed by atoms with Crippen LogP contribution in [0.1, 0.15) is 51.7 Å². The maximum atomic E-state index is 2.61. The first-order chi connectivity index (χ1) is 24.8. The number of fused-ring (bicyclic) bond motifs is 12. The minimum absolute atomic E-state index is 0.102. The molecule has 0 bridgehead atoms. The van der Waals surface area contributed by atoms with Gasteiger partial charge < -0.3 is 9.13 Å². The Bertz CT molecular complexity index is 3080. The molecule has 246 valence electrons. The van der Waals surface area contributed by atoms with E-state index in [1.807, 2.05) is 11.3 Å². The first-order valence-corrected chi connectivity index (χ1v) is 19.1. The Hall–Kier alpha value is -5.38. The lowest BCUT2D eigenvalue weighted by atomic mass is 9.63. The molecule has 11 rings (SSSR count). The molecular formula is C48H38N2S. The molecule has 51 heavy (non-hydrogen) atoms. The van der Waals surface area contributed by atoms with Crippen molar-refractivity contribution in [3.8, 4) is 11.4 Å². The van der Waals surface area contributed by atoms with Crippen LogP contribution in [0.2, 0.25) is 0 Å². The van der Waals surface area contributed by atoms with E-state index in [2.05, 4.69) is 170 Å². The summed E-state index contributed by atoms with van der Waals surface area (Å²) in [7, 11) is 0. The third kappa shape index (κ3) is 3.98. The summed E-state index contributed by atoms with van der Waals surface area (Å²) in [6.07, 6.45) is 2.38. The summed E-state index contributed by atoms with van der Waals surface area (Å²) in [6.45, 7) is 9.78. The van der Waals surface area contributed by atoms with Gasteiger partial charge in [0.25, 0.3) is 0 Å². The fourth-order valence-electron chi connectivity index (χ4n) is 9.41. The van der Waals surface area contributed by atoms with Crippen LogP contribution in [0.15, 0.2) is 133 Å². The molecule has 2 nitrogen and oxygen atoms in total. The normalized spacial score (nSPS) is 15.6. The van der Waals surface area contributed by atoms with Gasteiger partial charge in [0.1, 0.15) is 0 Å². The zero-order valence-corrected chi connectivity index (χ0v) is 30.2. The largest absolute Gasteiger partial charge is 0.309 e. The molecule has 0 radical (unpaired) electrons. The average molecular weight is 675 g/mol. The van der Waals surface area contributed by atoms with Gasteiger partial charge in [-0.15, -0.1) is 11.3 Å². The van der Waals surface area contributed by atoms with Crippen LogP contribution in [0, 0.1) is 0 Å². The van der Waals surface area contributed by atoms with Crippen LogP contribution < -0.4 is 0 Å². The van der Waals surface area contributed by atoms with Gasteiger partial charge in [-0.25, -0.2) is 0 Å². The molecule has 0 amide bonds. The molecule has 0 spiro atoms. The van der Waals surface area contributed by atoms with E-state index in [1.165, 1.54) is 110 Å². The van der Waals surface area contributed by atoms with E-state index in [1.54, 1.807) is 0 Å². The maximum absolute atomic E-state index is 2.61. The summed E-state index contributed by atoms with van der Waals surface area (Å²) in [5.41, 5.74) is 10.7. The fraction of sp³-hybridized carbons (Fsp3) is 0.167. The lowest BCUT2D eigenvalue weighted by Crippen LogP contribution is -2.33. The minimum Gasteiger partial charge on any atom is -0.309 e. The topological polar surface area (TPSA) is 9.86 Å². The number of hydrogen-bond acceptors (Lipinski definition) is 1. The molecule has 0 N–H and O–H groups in total. The van der Waals surface area contributed by atoms with Gasteiger partial charge in [0.15, 0.2) is 0 Å². The number of benzene rings is 7. The van der Waals surface area contributed by atoms with Crippen molar-refractivity contribution < 1.29 is 0 Å². The molecule has 0 saturated carbocycles. The van der Waals surface area contributed by atoms with Gasteiger partial charge in [0.2, 0.25) is 0 Å². The van der Waals surface area contributed by atoms with Gasteiger partial charge in [-0.2, -0.15) is 0 Å². The Labute approximate surface area is 301 Å². The SMILES string of the molecule is CC1(C)CCC(C)(C)c2cc3c(cc21)c1cc2c4c5ccccc5ccc4n(-c4ccccc4)c2cc1n3-c1cccc2sc3ccccc3c12. The third-order valence-electron chi connectivity index (χ3n) is 12.1. The summed E-state index contributed by atoms with van der Waals surface area (Å²) in [4.78, 5) is 0. The Morgan fingerprint density at radius 2 is 1.10 bits per heavy atom. The molecule has 1 aliphatic carbocycles. The second-order valence-corrected chi connectivity index (χ2v) is 17.1. The van der Waals surface area contributed by atoms with E-state index in [0.29, 0.717) is 0 Å². The molecular weight excluding hydrogens is 637 g/mol. The van der Waals surface area contributed by atoms with E-state index in [4.69, 9.17) is 0 Å². The maximum Gasteiger partial charge on any atom is 0.0562 e. The number of hydrogen-bond donors (Lipinski definition) is 0. The molecule has 0 atom stereocenters. The highest BCUT2D eigenvalue weighted by Gasteiger charge is 2.38. The molecule has 7 aromatic carbocycles. The van der Waals surface area contributed by atoms with Crippen molar-refractivity contribution in [2.75, 3.05) is 0 Å². The lowest BCUT2D eigenvalue weighted by molar-refractivity contribution is 0.332. The van der Waals surface area contributed by atoms with E-state index < -0.39 is 0 Å². The quantitative estimate of drug-likeness (QED) is 0.173.